The van der Waals surface area contributed by atoms with Crippen LogP contribution in [-0.4, -0.2) is 25.0 Å². The molecule has 0 spiro atoms. The molecule has 1 aliphatic rings. The molecule has 0 saturated carbocycles. The van der Waals surface area contributed by atoms with Gasteiger partial charge in [0.05, 0.1) is 15.8 Å². The molecule has 0 bridgehead atoms. The molecular formula is C13H17BrFN3O. The Hall–Kier alpha value is -1.30. The lowest BCUT2D eigenvalue weighted by Gasteiger charge is -2.34. The first-order valence-corrected chi connectivity index (χ1v) is 7.03. The number of nitrogens with two attached hydrogens (primary N) is 1. The molecule has 104 valence electrons. The number of amides is 1. The van der Waals surface area contributed by atoms with E-state index in [0.717, 1.165) is 31.6 Å². The summed E-state index contributed by atoms with van der Waals surface area (Å²) >= 11 is 3.12. The molecule has 0 aromatic heterocycles. The fraction of sp³-hybridized carbons (Fsp3) is 0.462. The summed E-state index contributed by atoms with van der Waals surface area (Å²) in [6, 6.07) is 3.25. The second-order valence-electron chi connectivity index (χ2n) is 4.79. The monoisotopic (exact) mass is 329 g/mol. The van der Waals surface area contributed by atoms with Crippen molar-refractivity contribution < 1.29 is 9.18 Å². The van der Waals surface area contributed by atoms with Crippen LogP contribution in [0.25, 0.3) is 0 Å². The second kappa shape index (κ2) is 5.77. The van der Waals surface area contributed by atoms with Gasteiger partial charge in [0, 0.05) is 32.1 Å². The Morgan fingerprint density at radius 1 is 1.47 bits per heavy atom. The van der Waals surface area contributed by atoms with Crippen molar-refractivity contribution in [2.45, 2.75) is 25.8 Å². The first-order chi connectivity index (χ1) is 8.97. The van der Waals surface area contributed by atoms with Crippen molar-refractivity contribution >= 4 is 33.2 Å². The largest absolute Gasteiger partial charge is 0.397 e. The zero-order chi connectivity index (χ0) is 14.0. The number of rotatable bonds is 2. The van der Waals surface area contributed by atoms with Gasteiger partial charge in [0.1, 0.15) is 5.82 Å². The lowest BCUT2D eigenvalue weighted by atomic mass is 10.0. The van der Waals surface area contributed by atoms with Crippen molar-refractivity contribution in [3.8, 4) is 0 Å². The van der Waals surface area contributed by atoms with Crippen LogP contribution in [0.3, 0.4) is 0 Å². The van der Waals surface area contributed by atoms with Gasteiger partial charge in [-0.3, -0.25) is 4.79 Å². The summed E-state index contributed by atoms with van der Waals surface area (Å²) in [5.41, 5.74) is 7.21. The summed E-state index contributed by atoms with van der Waals surface area (Å²) in [6.45, 7) is 3.04. The van der Waals surface area contributed by atoms with E-state index in [1.807, 2.05) is 0 Å². The molecular weight excluding hydrogens is 313 g/mol. The Morgan fingerprint density at radius 2 is 2.11 bits per heavy atom. The standard InChI is InChI=1S/C13H17BrFN3O/c1-8(19)17-9-2-4-18(5-3-9)13-7-11(15)10(14)6-12(13)16/h6-7,9H,2-5,16H2,1H3,(H,17,19). The minimum Gasteiger partial charge on any atom is -0.397 e. The number of nitrogens with zero attached hydrogens (tertiary/aromatic N) is 1. The summed E-state index contributed by atoms with van der Waals surface area (Å²) < 4.78 is 14.0. The number of hydrogen-bond acceptors (Lipinski definition) is 3. The number of anilines is 2. The third kappa shape index (κ3) is 3.37. The number of carbonyl (C=O) groups is 1. The number of benzene rings is 1. The SMILES string of the molecule is CC(=O)NC1CCN(c2cc(F)c(Br)cc2N)CC1. The van der Waals surface area contributed by atoms with Gasteiger partial charge in [-0.05, 0) is 34.8 Å². The van der Waals surface area contributed by atoms with Crippen molar-refractivity contribution in [1.29, 1.82) is 0 Å². The van der Waals surface area contributed by atoms with Crippen molar-refractivity contribution in [2.75, 3.05) is 23.7 Å². The third-order valence-electron chi connectivity index (χ3n) is 3.31. The number of carbonyl (C=O) groups excluding carboxylic acids is 1. The van der Waals surface area contributed by atoms with Gasteiger partial charge in [-0.15, -0.1) is 0 Å². The summed E-state index contributed by atoms with van der Waals surface area (Å²) in [5.74, 6) is -0.319. The Morgan fingerprint density at radius 3 is 2.68 bits per heavy atom. The molecule has 4 nitrogen and oxygen atoms in total. The molecule has 1 aliphatic heterocycles. The number of hydrogen-bond donors (Lipinski definition) is 2. The van der Waals surface area contributed by atoms with Crippen LogP contribution in [0.1, 0.15) is 19.8 Å². The van der Waals surface area contributed by atoms with Crippen LogP contribution in [0.5, 0.6) is 0 Å². The molecule has 3 N–H and O–H groups in total. The van der Waals surface area contributed by atoms with Crippen LogP contribution >= 0.6 is 15.9 Å². The predicted octanol–water partition coefficient (Wildman–Crippen LogP) is 2.28. The molecule has 0 unspecified atom stereocenters. The minimum absolute atomic E-state index is 0.00681. The minimum atomic E-state index is -0.312. The lowest BCUT2D eigenvalue weighted by Crippen LogP contribution is -2.44. The van der Waals surface area contributed by atoms with Crippen molar-refractivity contribution in [3.05, 3.63) is 22.4 Å². The molecule has 19 heavy (non-hydrogen) atoms. The molecule has 1 aromatic carbocycles. The van der Waals surface area contributed by atoms with Gasteiger partial charge >= 0.3 is 0 Å². The van der Waals surface area contributed by atoms with Crippen molar-refractivity contribution in [2.24, 2.45) is 0 Å². The van der Waals surface area contributed by atoms with Gasteiger partial charge in [-0.2, -0.15) is 0 Å². The average Bonchev–Trinajstić information content (AvgIpc) is 2.34. The Labute approximate surface area is 120 Å². The van der Waals surface area contributed by atoms with Gasteiger partial charge in [-0.25, -0.2) is 4.39 Å². The summed E-state index contributed by atoms with van der Waals surface area (Å²) in [4.78, 5) is 13.1. The highest BCUT2D eigenvalue weighted by atomic mass is 79.9. The maximum Gasteiger partial charge on any atom is 0.217 e. The van der Waals surface area contributed by atoms with E-state index in [0.29, 0.717) is 10.2 Å². The van der Waals surface area contributed by atoms with E-state index in [9.17, 15) is 9.18 Å². The Kier molecular flexibility index (Phi) is 4.29. The highest BCUT2D eigenvalue weighted by molar-refractivity contribution is 9.10. The highest BCUT2D eigenvalue weighted by Crippen LogP contribution is 2.31. The maximum absolute atomic E-state index is 13.6. The predicted molar refractivity (Wildman–Crippen MR) is 77.6 cm³/mol. The van der Waals surface area contributed by atoms with E-state index in [1.165, 1.54) is 13.0 Å². The quantitative estimate of drug-likeness (QED) is 0.818. The van der Waals surface area contributed by atoms with E-state index >= 15 is 0 Å². The number of halogens is 2. The Balaban J connectivity index is 2.05. The van der Waals surface area contributed by atoms with E-state index in [2.05, 4.69) is 26.1 Å². The lowest BCUT2D eigenvalue weighted by molar-refractivity contribution is -0.119. The normalized spacial score (nSPS) is 16.5. The number of nitrogen functional groups attached to an aromatic ring is 1. The summed E-state index contributed by atoms with van der Waals surface area (Å²) in [5, 5.41) is 2.91. The van der Waals surface area contributed by atoms with E-state index in [-0.39, 0.29) is 17.8 Å². The summed E-state index contributed by atoms with van der Waals surface area (Å²) in [7, 11) is 0. The summed E-state index contributed by atoms with van der Waals surface area (Å²) in [6.07, 6.45) is 1.69. The highest BCUT2D eigenvalue weighted by Gasteiger charge is 2.21. The molecule has 0 atom stereocenters. The topological polar surface area (TPSA) is 58.4 Å². The van der Waals surface area contributed by atoms with Gasteiger partial charge in [-0.1, -0.05) is 0 Å². The first kappa shape index (κ1) is 14.1. The molecule has 1 aromatic rings. The molecule has 1 fully saturated rings. The molecule has 2 rings (SSSR count). The van der Waals surface area contributed by atoms with Crippen molar-refractivity contribution in [3.63, 3.8) is 0 Å². The molecule has 1 amide bonds. The molecule has 1 heterocycles. The number of piperidine rings is 1. The zero-order valence-corrected chi connectivity index (χ0v) is 12.3. The fourth-order valence-electron chi connectivity index (χ4n) is 2.38. The van der Waals surface area contributed by atoms with Gasteiger partial charge in [0.15, 0.2) is 0 Å². The average molecular weight is 330 g/mol. The van der Waals surface area contributed by atoms with Gasteiger partial charge in [0.25, 0.3) is 0 Å². The molecule has 0 radical (unpaired) electrons. The smallest absolute Gasteiger partial charge is 0.217 e. The van der Waals surface area contributed by atoms with Crippen LogP contribution in [0.2, 0.25) is 0 Å². The van der Waals surface area contributed by atoms with E-state index in [4.69, 9.17) is 5.73 Å². The van der Waals surface area contributed by atoms with Crippen LogP contribution in [-0.2, 0) is 4.79 Å². The fourth-order valence-corrected chi connectivity index (χ4v) is 2.74. The first-order valence-electron chi connectivity index (χ1n) is 6.24. The number of nitrogens with one attached hydrogen (secondary N) is 1. The van der Waals surface area contributed by atoms with Crippen LogP contribution < -0.4 is 16.0 Å². The van der Waals surface area contributed by atoms with Gasteiger partial charge in [0.2, 0.25) is 5.91 Å². The van der Waals surface area contributed by atoms with Crippen LogP contribution in [0.15, 0.2) is 16.6 Å². The van der Waals surface area contributed by atoms with Crippen molar-refractivity contribution in [1.82, 2.24) is 5.32 Å². The molecule has 6 heteroatoms. The van der Waals surface area contributed by atoms with Crippen LogP contribution in [0, 0.1) is 5.82 Å². The van der Waals surface area contributed by atoms with E-state index in [1.54, 1.807) is 6.07 Å². The Bertz CT molecular complexity index is 487. The third-order valence-corrected chi connectivity index (χ3v) is 3.92. The molecule has 1 saturated heterocycles. The maximum atomic E-state index is 13.6. The van der Waals surface area contributed by atoms with E-state index < -0.39 is 0 Å². The second-order valence-corrected chi connectivity index (χ2v) is 5.64. The zero-order valence-electron chi connectivity index (χ0n) is 10.7. The van der Waals surface area contributed by atoms with Gasteiger partial charge < -0.3 is 16.0 Å². The van der Waals surface area contributed by atoms with Crippen LogP contribution in [0.4, 0.5) is 15.8 Å². The molecule has 0 aliphatic carbocycles.